The average molecular weight is 316 g/mol. The van der Waals surface area contributed by atoms with Crippen LogP contribution < -0.4 is 0 Å². The first-order valence-corrected chi connectivity index (χ1v) is 8.23. The third-order valence-electron chi connectivity index (χ3n) is 4.47. The second kappa shape index (κ2) is 8.66. The van der Waals surface area contributed by atoms with Gasteiger partial charge in [0, 0.05) is 6.42 Å². The minimum absolute atomic E-state index is 0.0396. The smallest absolute Gasteiger partial charge is 0.305 e. The molecule has 0 bridgehead atoms. The van der Waals surface area contributed by atoms with Crippen LogP contribution in [0.2, 0.25) is 0 Å². The number of hydrogen-bond donors (Lipinski definition) is 0. The molecule has 0 aliphatic rings. The number of esters is 1. The number of hydrogen-bond acceptors (Lipinski definition) is 3. The van der Waals surface area contributed by atoms with Gasteiger partial charge in [0.05, 0.1) is 6.61 Å². The van der Waals surface area contributed by atoms with Crippen LogP contribution in [0.1, 0.15) is 60.1 Å². The summed E-state index contributed by atoms with van der Waals surface area (Å²) >= 11 is 0. The van der Waals surface area contributed by atoms with E-state index in [-0.39, 0.29) is 11.8 Å². The fourth-order valence-corrected chi connectivity index (χ4v) is 2.81. The quantitative estimate of drug-likeness (QED) is 0.553. The third kappa shape index (κ3) is 5.05. The molecule has 0 heterocycles. The van der Waals surface area contributed by atoms with E-state index in [1.165, 1.54) is 27.8 Å². The van der Waals surface area contributed by atoms with Crippen molar-refractivity contribution in [3.63, 3.8) is 0 Å². The summed E-state index contributed by atoms with van der Waals surface area (Å²) in [4.78, 5) is 22.8. The molecule has 0 saturated heterocycles. The Bertz CT molecular complexity index is 625. The maximum Gasteiger partial charge on any atom is 0.305 e. The predicted octanol–water partition coefficient (Wildman–Crippen LogP) is 4.41. The predicted molar refractivity (Wildman–Crippen MR) is 94.7 cm³/mol. The van der Waals surface area contributed by atoms with Crippen molar-refractivity contribution in [2.75, 3.05) is 6.61 Å². The van der Waals surface area contributed by atoms with Gasteiger partial charge in [0.1, 0.15) is 0 Å². The largest absolute Gasteiger partial charge is 0.466 e. The number of ether oxygens (including phenoxy) is 1. The highest BCUT2D eigenvalue weighted by molar-refractivity contribution is 5.92. The summed E-state index contributed by atoms with van der Waals surface area (Å²) in [6.45, 7) is 12.3. The molecule has 0 fully saturated rings. The molecule has 0 aliphatic heterocycles. The Morgan fingerprint density at radius 2 is 1.61 bits per heavy atom. The van der Waals surface area contributed by atoms with Gasteiger partial charge in [-0.1, -0.05) is 6.08 Å². The van der Waals surface area contributed by atoms with E-state index in [1.54, 1.807) is 13.0 Å². The van der Waals surface area contributed by atoms with Crippen LogP contribution >= 0.6 is 0 Å². The molecule has 3 nitrogen and oxygen atoms in total. The highest BCUT2D eigenvalue weighted by Gasteiger charge is 2.14. The number of benzene rings is 1. The lowest BCUT2D eigenvalue weighted by molar-refractivity contribution is -0.143. The van der Waals surface area contributed by atoms with Crippen LogP contribution in [0.5, 0.6) is 0 Å². The van der Waals surface area contributed by atoms with Crippen LogP contribution in [0.4, 0.5) is 0 Å². The first kappa shape index (κ1) is 19.1. The highest BCUT2D eigenvalue weighted by Crippen LogP contribution is 2.29. The molecule has 1 aromatic rings. The van der Waals surface area contributed by atoms with Crippen LogP contribution in [0.3, 0.4) is 0 Å². The molecule has 0 aliphatic carbocycles. The standard InChI is InChI=1S/C20H28O3/c1-7-23-20(22)10-8-9-18-16(5)14(3)15(4)17(6)19(18)12-11-13(2)21/h11-12H,7-10H2,1-6H3. The molecule has 0 radical (unpaired) electrons. The van der Waals surface area contributed by atoms with Crippen molar-refractivity contribution in [1.29, 1.82) is 0 Å². The minimum atomic E-state index is -0.147. The van der Waals surface area contributed by atoms with Gasteiger partial charge in [-0.3, -0.25) is 9.59 Å². The van der Waals surface area contributed by atoms with Crippen molar-refractivity contribution in [2.24, 2.45) is 0 Å². The summed E-state index contributed by atoms with van der Waals surface area (Å²) in [5, 5.41) is 0. The van der Waals surface area contributed by atoms with E-state index >= 15 is 0 Å². The summed E-state index contributed by atoms with van der Waals surface area (Å²) in [5.41, 5.74) is 7.35. The van der Waals surface area contributed by atoms with E-state index in [2.05, 4.69) is 27.7 Å². The normalized spacial score (nSPS) is 11.0. The molecule has 0 atom stereocenters. The summed E-state index contributed by atoms with van der Waals surface area (Å²) < 4.78 is 4.99. The Balaban J connectivity index is 3.12. The summed E-state index contributed by atoms with van der Waals surface area (Å²) in [6, 6.07) is 0. The van der Waals surface area contributed by atoms with Crippen molar-refractivity contribution < 1.29 is 14.3 Å². The van der Waals surface area contributed by atoms with E-state index in [0.717, 1.165) is 18.4 Å². The second-order valence-electron chi connectivity index (χ2n) is 5.99. The van der Waals surface area contributed by atoms with Crippen molar-refractivity contribution in [3.8, 4) is 0 Å². The molecule has 1 aromatic carbocycles. The Hall–Kier alpha value is -1.90. The van der Waals surface area contributed by atoms with Gasteiger partial charge < -0.3 is 4.74 Å². The van der Waals surface area contributed by atoms with Crippen molar-refractivity contribution in [1.82, 2.24) is 0 Å². The Labute approximate surface area is 139 Å². The summed E-state index contributed by atoms with van der Waals surface area (Å²) in [5.74, 6) is -0.107. The summed E-state index contributed by atoms with van der Waals surface area (Å²) in [6.07, 6.45) is 5.52. The molecule has 0 N–H and O–H groups in total. The van der Waals surface area contributed by atoms with E-state index in [0.29, 0.717) is 13.0 Å². The zero-order valence-corrected chi connectivity index (χ0v) is 15.2. The lowest BCUT2D eigenvalue weighted by Crippen LogP contribution is -2.07. The molecular weight excluding hydrogens is 288 g/mol. The maximum absolute atomic E-state index is 11.5. The molecule has 3 heteroatoms. The average Bonchev–Trinajstić information content (AvgIpc) is 2.49. The van der Waals surface area contributed by atoms with Gasteiger partial charge in [0.25, 0.3) is 0 Å². The first-order chi connectivity index (χ1) is 10.8. The maximum atomic E-state index is 11.5. The zero-order chi connectivity index (χ0) is 17.6. The Morgan fingerprint density at radius 1 is 1.00 bits per heavy atom. The number of carbonyl (C=O) groups excluding carboxylic acids is 2. The lowest BCUT2D eigenvalue weighted by Gasteiger charge is -2.19. The highest BCUT2D eigenvalue weighted by atomic mass is 16.5. The first-order valence-electron chi connectivity index (χ1n) is 8.23. The van der Waals surface area contributed by atoms with Gasteiger partial charge in [0.2, 0.25) is 0 Å². The van der Waals surface area contributed by atoms with Gasteiger partial charge in [0.15, 0.2) is 5.78 Å². The number of rotatable bonds is 7. The topological polar surface area (TPSA) is 43.4 Å². The van der Waals surface area contributed by atoms with Crippen molar-refractivity contribution in [3.05, 3.63) is 39.5 Å². The van der Waals surface area contributed by atoms with Crippen LogP contribution in [0, 0.1) is 27.7 Å². The third-order valence-corrected chi connectivity index (χ3v) is 4.47. The Morgan fingerprint density at radius 3 is 2.17 bits per heavy atom. The molecule has 0 aromatic heterocycles. The fraction of sp³-hybridized carbons (Fsp3) is 0.500. The van der Waals surface area contributed by atoms with E-state index in [1.807, 2.05) is 13.0 Å². The van der Waals surface area contributed by atoms with Gasteiger partial charge in [-0.25, -0.2) is 0 Å². The molecule has 23 heavy (non-hydrogen) atoms. The van der Waals surface area contributed by atoms with Crippen molar-refractivity contribution >= 4 is 17.8 Å². The second-order valence-corrected chi connectivity index (χ2v) is 5.99. The monoisotopic (exact) mass is 316 g/mol. The van der Waals surface area contributed by atoms with Crippen LogP contribution in [0.25, 0.3) is 6.08 Å². The fourth-order valence-electron chi connectivity index (χ4n) is 2.81. The van der Waals surface area contributed by atoms with Gasteiger partial charge in [-0.05, 0) is 93.8 Å². The number of allylic oxidation sites excluding steroid dienone is 1. The van der Waals surface area contributed by atoms with Crippen LogP contribution in [0.15, 0.2) is 6.08 Å². The molecule has 1 rings (SSSR count). The van der Waals surface area contributed by atoms with Gasteiger partial charge in [-0.2, -0.15) is 0 Å². The van der Waals surface area contributed by atoms with E-state index in [4.69, 9.17) is 4.74 Å². The van der Waals surface area contributed by atoms with Gasteiger partial charge in [-0.15, -0.1) is 0 Å². The molecule has 0 saturated carbocycles. The summed E-state index contributed by atoms with van der Waals surface area (Å²) in [7, 11) is 0. The van der Waals surface area contributed by atoms with Crippen LogP contribution in [-0.2, 0) is 20.7 Å². The molecular formula is C20H28O3. The minimum Gasteiger partial charge on any atom is -0.466 e. The molecule has 0 unspecified atom stereocenters. The number of ketones is 1. The van der Waals surface area contributed by atoms with Gasteiger partial charge >= 0.3 is 5.97 Å². The zero-order valence-electron chi connectivity index (χ0n) is 15.2. The Kier molecular flexibility index (Phi) is 7.21. The van der Waals surface area contributed by atoms with E-state index < -0.39 is 0 Å². The SMILES string of the molecule is CCOC(=O)CCCc1c(C)c(C)c(C)c(C)c1C=CC(C)=O. The lowest BCUT2D eigenvalue weighted by atomic mass is 9.86. The molecule has 0 amide bonds. The molecule has 0 spiro atoms. The van der Waals surface area contributed by atoms with Crippen molar-refractivity contribution in [2.45, 2.75) is 60.8 Å². The van der Waals surface area contributed by atoms with E-state index in [9.17, 15) is 9.59 Å². The van der Waals surface area contributed by atoms with Crippen LogP contribution in [-0.4, -0.2) is 18.4 Å². The molecule has 126 valence electrons. The number of carbonyl (C=O) groups is 2.